The maximum absolute atomic E-state index is 13.8. The number of benzene rings is 2. The highest BCUT2D eigenvalue weighted by atomic mass is 32.2. The summed E-state index contributed by atoms with van der Waals surface area (Å²) in [6.45, 7) is 2.24. The van der Waals surface area contributed by atoms with Gasteiger partial charge in [-0.2, -0.15) is 0 Å². The standard InChI is InChI=1S/C16H17FN2O2S/c1-11-8-14(19(20)21)16(9-13(11)17)22-15-7-5-4-6-12(15)10-18(2)3/h4-9H,10H2,1-3H3. The van der Waals surface area contributed by atoms with Gasteiger partial charge in [0.15, 0.2) is 0 Å². The number of halogens is 1. The van der Waals surface area contributed by atoms with Crippen molar-refractivity contribution in [2.75, 3.05) is 14.1 Å². The van der Waals surface area contributed by atoms with Crippen LogP contribution >= 0.6 is 11.8 Å². The van der Waals surface area contributed by atoms with E-state index in [1.54, 1.807) is 0 Å². The van der Waals surface area contributed by atoms with Gasteiger partial charge in [0.05, 0.1) is 9.82 Å². The molecule has 0 spiro atoms. The molecule has 22 heavy (non-hydrogen) atoms. The number of hydrogen-bond acceptors (Lipinski definition) is 4. The van der Waals surface area contributed by atoms with Crippen LogP contribution in [-0.2, 0) is 6.54 Å². The molecule has 0 fully saturated rings. The highest BCUT2D eigenvalue weighted by molar-refractivity contribution is 7.99. The van der Waals surface area contributed by atoms with Crippen molar-refractivity contribution in [3.63, 3.8) is 0 Å². The van der Waals surface area contributed by atoms with Gasteiger partial charge < -0.3 is 4.90 Å². The lowest BCUT2D eigenvalue weighted by Crippen LogP contribution is -2.11. The summed E-state index contributed by atoms with van der Waals surface area (Å²) in [7, 11) is 3.91. The lowest BCUT2D eigenvalue weighted by molar-refractivity contribution is -0.387. The molecule has 0 saturated heterocycles. The predicted octanol–water partition coefficient (Wildman–Crippen LogP) is 4.26. The molecule has 0 saturated carbocycles. The van der Waals surface area contributed by atoms with Crippen molar-refractivity contribution < 1.29 is 9.31 Å². The summed E-state index contributed by atoms with van der Waals surface area (Å²) in [6.07, 6.45) is 0. The van der Waals surface area contributed by atoms with E-state index in [-0.39, 0.29) is 11.3 Å². The second-order valence-electron chi connectivity index (χ2n) is 5.27. The Morgan fingerprint density at radius 1 is 1.23 bits per heavy atom. The fourth-order valence-electron chi connectivity index (χ4n) is 2.07. The minimum Gasteiger partial charge on any atom is -0.305 e. The Labute approximate surface area is 133 Å². The smallest absolute Gasteiger partial charge is 0.283 e. The van der Waals surface area contributed by atoms with E-state index in [1.165, 1.54) is 30.8 Å². The second-order valence-corrected chi connectivity index (χ2v) is 6.36. The molecule has 0 bridgehead atoms. The molecule has 0 aliphatic carbocycles. The van der Waals surface area contributed by atoms with Crippen LogP contribution < -0.4 is 0 Å². The Bertz CT molecular complexity index is 705. The second kappa shape index (κ2) is 6.89. The van der Waals surface area contributed by atoms with Gasteiger partial charge >= 0.3 is 0 Å². The van der Waals surface area contributed by atoms with Gasteiger partial charge in [-0.1, -0.05) is 30.0 Å². The zero-order valence-corrected chi connectivity index (χ0v) is 13.5. The summed E-state index contributed by atoms with van der Waals surface area (Å²) < 4.78 is 13.8. The van der Waals surface area contributed by atoms with Gasteiger partial charge in [0.2, 0.25) is 0 Å². The highest BCUT2D eigenvalue weighted by Gasteiger charge is 2.19. The van der Waals surface area contributed by atoms with Crippen molar-refractivity contribution in [3.8, 4) is 0 Å². The normalized spacial score (nSPS) is 11.0. The molecule has 0 N–H and O–H groups in total. The molecule has 0 atom stereocenters. The minimum absolute atomic E-state index is 0.0662. The van der Waals surface area contributed by atoms with Crippen LogP contribution in [0.5, 0.6) is 0 Å². The van der Waals surface area contributed by atoms with Gasteiger partial charge in [-0.15, -0.1) is 0 Å². The number of hydrogen-bond donors (Lipinski definition) is 0. The maximum Gasteiger partial charge on any atom is 0.283 e. The SMILES string of the molecule is Cc1cc([N+](=O)[O-])c(Sc2ccccc2CN(C)C)cc1F. The molecule has 0 aliphatic heterocycles. The fourth-order valence-corrected chi connectivity index (χ4v) is 3.11. The van der Waals surface area contributed by atoms with Crippen molar-refractivity contribution in [1.29, 1.82) is 0 Å². The van der Waals surface area contributed by atoms with E-state index < -0.39 is 10.7 Å². The minimum atomic E-state index is -0.469. The van der Waals surface area contributed by atoms with Gasteiger partial charge in [-0.05, 0) is 44.3 Å². The molecule has 0 aromatic heterocycles. The van der Waals surface area contributed by atoms with Crippen LogP contribution in [0.15, 0.2) is 46.2 Å². The van der Waals surface area contributed by atoms with Crippen LogP contribution in [0, 0.1) is 22.9 Å². The van der Waals surface area contributed by atoms with E-state index in [0.29, 0.717) is 11.4 Å². The largest absolute Gasteiger partial charge is 0.305 e. The van der Waals surface area contributed by atoms with E-state index in [0.717, 1.165) is 10.5 Å². The van der Waals surface area contributed by atoms with Gasteiger partial charge in [0, 0.05) is 17.5 Å². The summed E-state index contributed by atoms with van der Waals surface area (Å²) in [5.74, 6) is -0.432. The average molecular weight is 320 g/mol. The van der Waals surface area contributed by atoms with Crippen LogP contribution in [0.25, 0.3) is 0 Å². The molecule has 0 heterocycles. The van der Waals surface area contributed by atoms with Crippen LogP contribution in [0.4, 0.5) is 10.1 Å². The number of rotatable bonds is 5. The fraction of sp³-hybridized carbons (Fsp3) is 0.250. The molecule has 0 radical (unpaired) electrons. The quantitative estimate of drug-likeness (QED) is 0.610. The van der Waals surface area contributed by atoms with Crippen LogP contribution in [-0.4, -0.2) is 23.9 Å². The van der Waals surface area contributed by atoms with Crippen molar-refractivity contribution >= 4 is 17.4 Å². The van der Waals surface area contributed by atoms with E-state index in [2.05, 4.69) is 0 Å². The molecule has 0 aliphatic rings. The third kappa shape index (κ3) is 3.84. The zero-order chi connectivity index (χ0) is 16.3. The number of nitro benzene ring substituents is 1. The Balaban J connectivity index is 2.43. The maximum atomic E-state index is 13.8. The third-order valence-electron chi connectivity index (χ3n) is 3.12. The molecule has 0 unspecified atom stereocenters. The summed E-state index contributed by atoms with van der Waals surface area (Å²) in [6, 6.07) is 10.2. The van der Waals surface area contributed by atoms with Crippen molar-refractivity contribution in [2.24, 2.45) is 0 Å². The van der Waals surface area contributed by atoms with Gasteiger partial charge in [0.1, 0.15) is 5.82 Å². The summed E-state index contributed by atoms with van der Waals surface area (Å²) in [5, 5.41) is 11.2. The van der Waals surface area contributed by atoms with Gasteiger partial charge in [0.25, 0.3) is 5.69 Å². The Hall–Kier alpha value is -1.92. The number of nitro groups is 1. The van der Waals surface area contributed by atoms with E-state index >= 15 is 0 Å². The molecule has 116 valence electrons. The zero-order valence-electron chi connectivity index (χ0n) is 12.7. The first-order valence-electron chi connectivity index (χ1n) is 6.73. The van der Waals surface area contributed by atoms with Gasteiger partial charge in [-0.3, -0.25) is 10.1 Å². The molecule has 6 heteroatoms. The molecule has 2 aromatic carbocycles. The van der Waals surface area contributed by atoms with Crippen LogP contribution in [0.1, 0.15) is 11.1 Å². The monoisotopic (exact) mass is 320 g/mol. The van der Waals surface area contributed by atoms with E-state index in [4.69, 9.17) is 0 Å². The molecule has 2 aromatic rings. The Kier molecular flexibility index (Phi) is 5.15. The predicted molar refractivity (Wildman–Crippen MR) is 85.7 cm³/mol. The summed E-state index contributed by atoms with van der Waals surface area (Å²) in [4.78, 5) is 14.0. The molecular formula is C16H17FN2O2S. The van der Waals surface area contributed by atoms with Crippen molar-refractivity contribution in [3.05, 3.63) is 63.5 Å². The first kappa shape index (κ1) is 16.5. The van der Waals surface area contributed by atoms with Crippen LogP contribution in [0.2, 0.25) is 0 Å². The van der Waals surface area contributed by atoms with Crippen molar-refractivity contribution in [1.82, 2.24) is 4.90 Å². The molecule has 2 rings (SSSR count). The third-order valence-corrected chi connectivity index (χ3v) is 4.28. The first-order valence-corrected chi connectivity index (χ1v) is 7.55. The number of nitrogens with zero attached hydrogens (tertiary/aromatic N) is 2. The Morgan fingerprint density at radius 2 is 1.91 bits per heavy atom. The summed E-state index contributed by atoms with van der Waals surface area (Å²) >= 11 is 1.23. The van der Waals surface area contributed by atoms with Gasteiger partial charge in [-0.25, -0.2) is 4.39 Å². The molecular weight excluding hydrogens is 303 g/mol. The number of aryl methyl sites for hydroxylation is 1. The lowest BCUT2D eigenvalue weighted by Gasteiger charge is -2.14. The first-order chi connectivity index (χ1) is 10.4. The summed E-state index contributed by atoms with van der Waals surface area (Å²) in [5.41, 5.74) is 1.26. The lowest BCUT2D eigenvalue weighted by atomic mass is 10.2. The molecule has 4 nitrogen and oxygen atoms in total. The topological polar surface area (TPSA) is 46.4 Å². The van der Waals surface area contributed by atoms with E-state index in [1.807, 2.05) is 43.3 Å². The Morgan fingerprint density at radius 3 is 2.55 bits per heavy atom. The average Bonchev–Trinajstić information content (AvgIpc) is 2.44. The molecule has 0 amide bonds. The van der Waals surface area contributed by atoms with Crippen molar-refractivity contribution in [2.45, 2.75) is 23.3 Å². The van der Waals surface area contributed by atoms with E-state index in [9.17, 15) is 14.5 Å². The van der Waals surface area contributed by atoms with Crippen LogP contribution in [0.3, 0.4) is 0 Å². The highest BCUT2D eigenvalue weighted by Crippen LogP contribution is 2.38.